The molecule has 0 unspecified atom stereocenters. The van der Waals surface area contributed by atoms with E-state index in [0.717, 1.165) is 56.3 Å². The monoisotopic (exact) mass is 850 g/mol. The molecule has 0 bridgehead atoms. The number of aliphatic carboxylic acids is 2. The summed E-state index contributed by atoms with van der Waals surface area (Å²) in [5, 5.41) is 33.2. The van der Waals surface area contributed by atoms with Crippen LogP contribution in [0.25, 0.3) is 55.6 Å². The standard InChI is InChI=1S/2C21H22N6O3.Ca/c2*1-30-15-4-2-3-13-9-14(25-16(13)15)17-18-19(22)23-10-24-27(18)20(26-17)11-5-7-12(8-6-11)21(28)29;/h2*2-4,9-12,25H,5-8H2,1H3,(H,28,29)(H2,22,23,24);/q;;+2/p-2. The van der Waals surface area contributed by atoms with Crippen molar-refractivity contribution in [2.75, 3.05) is 25.7 Å². The van der Waals surface area contributed by atoms with Gasteiger partial charge in [0.05, 0.1) is 36.6 Å². The zero-order valence-corrected chi connectivity index (χ0v) is 35.8. The number of nitrogen functional groups attached to an aromatic ring is 2. The number of aromatic nitrogens is 10. The van der Waals surface area contributed by atoms with Crippen LogP contribution in [0.1, 0.15) is 74.9 Å². The van der Waals surface area contributed by atoms with Gasteiger partial charge in [-0.2, -0.15) is 10.2 Å². The van der Waals surface area contributed by atoms with Crippen molar-refractivity contribution in [3.05, 3.63) is 72.8 Å². The second-order valence-electron chi connectivity index (χ2n) is 15.4. The summed E-state index contributed by atoms with van der Waals surface area (Å²) in [6, 6.07) is 15.7. The minimum atomic E-state index is -0.972. The first-order valence-corrected chi connectivity index (χ1v) is 19.9. The number of fused-ring (bicyclic) bond motifs is 4. The number of nitrogens with one attached hydrogen (secondary N) is 2. The Labute approximate surface area is 378 Å². The van der Waals surface area contributed by atoms with Crippen LogP contribution >= 0.6 is 0 Å². The van der Waals surface area contributed by atoms with Crippen molar-refractivity contribution in [1.82, 2.24) is 49.1 Å². The molecule has 2 aliphatic carbocycles. The number of hydrogen-bond donors (Lipinski definition) is 4. The second kappa shape index (κ2) is 17.2. The molecule has 0 radical (unpaired) electrons. The van der Waals surface area contributed by atoms with E-state index in [1.807, 2.05) is 48.5 Å². The van der Waals surface area contributed by atoms with E-state index in [-0.39, 0.29) is 49.6 Å². The maximum Gasteiger partial charge on any atom is 2.00 e. The van der Waals surface area contributed by atoms with Crippen LogP contribution in [0.3, 0.4) is 0 Å². The van der Waals surface area contributed by atoms with E-state index >= 15 is 0 Å². The Morgan fingerprint density at radius 3 is 1.41 bits per heavy atom. The van der Waals surface area contributed by atoms with E-state index in [4.69, 9.17) is 30.9 Å². The third kappa shape index (κ3) is 7.67. The molecule has 18 nitrogen and oxygen atoms in total. The van der Waals surface area contributed by atoms with E-state index in [0.29, 0.717) is 85.4 Å². The zero-order valence-electron chi connectivity index (χ0n) is 33.6. The van der Waals surface area contributed by atoms with Crippen molar-refractivity contribution in [2.45, 2.75) is 63.2 Å². The summed E-state index contributed by atoms with van der Waals surface area (Å²) in [5.41, 5.74) is 18.4. The fourth-order valence-corrected chi connectivity index (χ4v) is 8.89. The number of carbonyl (C=O) groups excluding carboxylic acids is 2. The molecule has 2 aliphatic rings. The summed E-state index contributed by atoms with van der Waals surface area (Å²) >= 11 is 0. The number of carboxylic acid groups (broad SMARTS) is 2. The molecule has 6 aromatic heterocycles. The first-order chi connectivity index (χ1) is 29.1. The zero-order chi connectivity index (χ0) is 41.7. The molecular formula is C42H42CaN12O6. The Balaban J connectivity index is 0.000000166. The van der Waals surface area contributed by atoms with E-state index in [9.17, 15) is 19.8 Å². The first kappa shape index (κ1) is 41.7. The Kier molecular flexibility index (Phi) is 11.8. The number of hydrogen-bond acceptors (Lipinski definition) is 14. The van der Waals surface area contributed by atoms with Crippen LogP contribution in [-0.2, 0) is 9.59 Å². The summed E-state index contributed by atoms with van der Waals surface area (Å²) < 4.78 is 14.4. The van der Waals surface area contributed by atoms with Crippen LogP contribution in [0.4, 0.5) is 11.6 Å². The number of benzene rings is 2. The molecule has 0 atom stereocenters. The number of nitrogens with zero attached hydrogens (tertiary/aromatic N) is 8. The smallest absolute Gasteiger partial charge is 0.550 e. The quantitative estimate of drug-likeness (QED) is 0.160. The van der Waals surface area contributed by atoms with Gasteiger partial charge in [0.1, 0.15) is 58.2 Å². The van der Waals surface area contributed by atoms with Crippen molar-refractivity contribution < 1.29 is 29.3 Å². The van der Waals surface area contributed by atoms with Gasteiger partial charge in [-0.3, -0.25) is 0 Å². The summed E-state index contributed by atoms with van der Waals surface area (Å²) in [7, 11) is 3.27. The number of aromatic amines is 2. The molecule has 0 saturated heterocycles. The Morgan fingerprint density at radius 2 is 1.05 bits per heavy atom. The SMILES string of the molecule is COc1cccc2cc(-c3nc(C4CCC(C(=O)[O-])CC4)n4ncnc(N)c34)[nH]c12.COc1cccc2cc(-c3nc(C4CCC(C(=O)[O-])CC4)n4ncnc(N)c34)[nH]c12.[Ca+2]. The van der Waals surface area contributed by atoms with E-state index in [1.165, 1.54) is 12.7 Å². The summed E-state index contributed by atoms with van der Waals surface area (Å²) in [5.74, 6) is 1.17. The predicted molar refractivity (Wildman–Crippen MR) is 223 cm³/mol. The molecule has 0 aliphatic heterocycles. The topological polar surface area (TPSA) is 268 Å². The number of para-hydroxylation sites is 2. The van der Waals surface area contributed by atoms with Gasteiger partial charge >= 0.3 is 37.7 Å². The third-order valence-electron chi connectivity index (χ3n) is 12.0. The number of H-pyrrole nitrogens is 2. The first-order valence-electron chi connectivity index (χ1n) is 19.9. The van der Waals surface area contributed by atoms with Gasteiger partial charge in [-0.1, -0.05) is 24.3 Å². The van der Waals surface area contributed by atoms with Crippen LogP contribution in [0.2, 0.25) is 0 Å². The van der Waals surface area contributed by atoms with Gasteiger partial charge in [0.25, 0.3) is 0 Å². The predicted octanol–water partition coefficient (Wildman–Crippen LogP) is 3.39. The van der Waals surface area contributed by atoms with Gasteiger partial charge in [0, 0.05) is 34.5 Å². The van der Waals surface area contributed by atoms with Crippen LogP contribution in [0.5, 0.6) is 11.5 Å². The molecule has 61 heavy (non-hydrogen) atoms. The van der Waals surface area contributed by atoms with Crippen LogP contribution in [0.15, 0.2) is 61.2 Å². The number of anilines is 2. The molecule has 2 saturated carbocycles. The molecule has 10 rings (SSSR count). The van der Waals surface area contributed by atoms with Crippen molar-refractivity contribution in [3.63, 3.8) is 0 Å². The number of imidazole rings is 2. The Morgan fingerprint density at radius 1 is 0.656 bits per heavy atom. The average molecular weight is 851 g/mol. The molecule has 2 aromatic carbocycles. The van der Waals surface area contributed by atoms with Crippen molar-refractivity contribution in [1.29, 1.82) is 0 Å². The molecule has 0 amide bonds. The molecular weight excluding hydrogens is 809 g/mol. The maximum atomic E-state index is 11.2. The normalized spacial score (nSPS) is 19.0. The third-order valence-corrected chi connectivity index (χ3v) is 12.0. The van der Waals surface area contributed by atoms with Crippen molar-refractivity contribution in [3.8, 4) is 34.3 Å². The van der Waals surface area contributed by atoms with Gasteiger partial charge < -0.3 is 50.7 Å². The molecule has 6 N–H and O–H groups in total. The van der Waals surface area contributed by atoms with Crippen LogP contribution in [-0.4, -0.2) is 113 Å². The number of ether oxygens (including phenoxy) is 2. The van der Waals surface area contributed by atoms with Crippen LogP contribution in [0, 0.1) is 11.8 Å². The molecule has 2 fully saturated rings. The van der Waals surface area contributed by atoms with Crippen LogP contribution < -0.4 is 31.2 Å². The molecule has 8 aromatic rings. The number of nitrogens with two attached hydrogens (primary N) is 2. The minimum absolute atomic E-state index is 0. The Bertz CT molecular complexity index is 2710. The van der Waals surface area contributed by atoms with Crippen molar-refractivity contribution >= 4 is 94.2 Å². The number of rotatable bonds is 8. The maximum absolute atomic E-state index is 11.2. The second-order valence-corrected chi connectivity index (χ2v) is 15.4. The minimum Gasteiger partial charge on any atom is -0.550 e. The summed E-state index contributed by atoms with van der Waals surface area (Å²) in [6.45, 7) is 0. The van der Waals surface area contributed by atoms with E-state index < -0.39 is 23.8 Å². The van der Waals surface area contributed by atoms with Crippen molar-refractivity contribution in [2.24, 2.45) is 11.8 Å². The largest absolute Gasteiger partial charge is 2.00 e. The van der Waals surface area contributed by atoms with Gasteiger partial charge in [0.2, 0.25) is 0 Å². The summed E-state index contributed by atoms with van der Waals surface area (Å²) in [6.07, 6.45) is 7.95. The van der Waals surface area contributed by atoms with E-state index in [2.05, 4.69) is 30.1 Å². The number of methoxy groups -OCH3 is 2. The molecule has 19 heteroatoms. The average Bonchev–Trinajstić information content (AvgIpc) is 4.07. The molecule has 6 heterocycles. The molecule has 0 spiro atoms. The summed E-state index contributed by atoms with van der Waals surface area (Å²) in [4.78, 5) is 47.3. The van der Waals surface area contributed by atoms with E-state index in [1.54, 1.807) is 23.3 Å². The van der Waals surface area contributed by atoms with Gasteiger partial charge in [-0.05, 0) is 87.5 Å². The van der Waals surface area contributed by atoms with Gasteiger partial charge in [-0.25, -0.2) is 29.0 Å². The van der Waals surface area contributed by atoms with Gasteiger partial charge in [-0.15, -0.1) is 0 Å². The fraction of sp³-hybridized carbons (Fsp3) is 0.333. The number of carboxylic acids is 2. The van der Waals surface area contributed by atoms with Gasteiger partial charge in [0.15, 0.2) is 11.6 Å². The molecule has 308 valence electrons. The number of carbonyl (C=O) groups is 2. The Hall–Kier alpha value is -5.98. The fourth-order valence-electron chi connectivity index (χ4n) is 8.89.